The van der Waals surface area contributed by atoms with E-state index in [9.17, 15) is 9.59 Å². The summed E-state index contributed by atoms with van der Waals surface area (Å²) in [5.74, 6) is 0.159. The molecular formula is C20H19N5O3. The van der Waals surface area contributed by atoms with Crippen molar-refractivity contribution >= 4 is 22.6 Å². The largest absolute Gasteiger partial charge is 0.467 e. The molecule has 8 heteroatoms. The van der Waals surface area contributed by atoms with Gasteiger partial charge in [0.05, 0.1) is 23.8 Å². The van der Waals surface area contributed by atoms with Crippen LogP contribution < -0.4 is 16.4 Å². The highest BCUT2D eigenvalue weighted by atomic mass is 16.3. The first kappa shape index (κ1) is 17.7. The molecule has 0 spiro atoms. The fourth-order valence-corrected chi connectivity index (χ4v) is 3.25. The molecule has 4 rings (SSSR count). The lowest BCUT2D eigenvalue weighted by Crippen LogP contribution is -2.34. The van der Waals surface area contributed by atoms with Gasteiger partial charge < -0.3 is 14.3 Å². The summed E-state index contributed by atoms with van der Waals surface area (Å²) < 4.78 is 8.25. The maximum atomic E-state index is 13.0. The zero-order valence-electron chi connectivity index (χ0n) is 15.5. The van der Waals surface area contributed by atoms with Gasteiger partial charge in [0.1, 0.15) is 22.5 Å². The molecule has 0 aliphatic rings. The van der Waals surface area contributed by atoms with Crippen molar-refractivity contribution in [2.24, 2.45) is 0 Å². The average molecular weight is 377 g/mol. The lowest BCUT2D eigenvalue weighted by Gasteiger charge is -2.13. The number of carbonyl (C=O) groups excluding carboxylic acids is 1. The van der Waals surface area contributed by atoms with E-state index in [1.807, 2.05) is 19.9 Å². The topological polar surface area (TPSA) is 105 Å². The molecule has 4 aromatic heterocycles. The van der Waals surface area contributed by atoms with Gasteiger partial charge in [0.15, 0.2) is 0 Å². The maximum absolute atomic E-state index is 13.0. The zero-order chi connectivity index (χ0) is 19.8. The van der Waals surface area contributed by atoms with Crippen LogP contribution in [0.15, 0.2) is 52.0 Å². The van der Waals surface area contributed by atoms with Gasteiger partial charge in [-0.1, -0.05) is 6.07 Å². The van der Waals surface area contributed by atoms with Crippen molar-refractivity contribution in [3.8, 4) is 0 Å². The minimum absolute atomic E-state index is 0.0109. The number of carbonyl (C=O) groups is 1. The molecular weight excluding hydrogens is 358 g/mol. The molecule has 0 radical (unpaired) electrons. The van der Waals surface area contributed by atoms with Crippen molar-refractivity contribution in [1.29, 1.82) is 5.41 Å². The number of amides is 1. The van der Waals surface area contributed by atoms with Crippen LogP contribution in [0.3, 0.4) is 0 Å². The van der Waals surface area contributed by atoms with E-state index in [0.29, 0.717) is 29.0 Å². The van der Waals surface area contributed by atoms with Crippen molar-refractivity contribution < 1.29 is 9.21 Å². The summed E-state index contributed by atoms with van der Waals surface area (Å²) in [7, 11) is 0. The summed E-state index contributed by atoms with van der Waals surface area (Å²) >= 11 is 0. The van der Waals surface area contributed by atoms with Crippen molar-refractivity contribution in [3.63, 3.8) is 0 Å². The van der Waals surface area contributed by atoms with Gasteiger partial charge in [0.25, 0.3) is 11.5 Å². The van der Waals surface area contributed by atoms with Gasteiger partial charge in [0, 0.05) is 12.7 Å². The highest BCUT2D eigenvalue weighted by Crippen LogP contribution is 2.12. The highest BCUT2D eigenvalue weighted by molar-refractivity contribution is 5.96. The average Bonchev–Trinajstić information content (AvgIpc) is 3.20. The molecule has 28 heavy (non-hydrogen) atoms. The number of aromatic nitrogens is 3. The second kappa shape index (κ2) is 6.80. The number of hydrogen-bond donors (Lipinski definition) is 2. The zero-order valence-corrected chi connectivity index (χ0v) is 15.5. The summed E-state index contributed by atoms with van der Waals surface area (Å²) in [6, 6.07) is 8.59. The second-order valence-corrected chi connectivity index (χ2v) is 6.45. The first-order valence-electron chi connectivity index (χ1n) is 8.92. The van der Waals surface area contributed by atoms with Gasteiger partial charge in [-0.25, -0.2) is 4.98 Å². The fourth-order valence-electron chi connectivity index (χ4n) is 3.25. The quantitative estimate of drug-likeness (QED) is 0.531. The Balaban J connectivity index is 1.91. The molecule has 0 saturated carbocycles. The molecule has 0 aliphatic heterocycles. The molecule has 142 valence electrons. The van der Waals surface area contributed by atoms with Crippen LogP contribution >= 0.6 is 0 Å². The Hall–Kier alpha value is -3.68. The van der Waals surface area contributed by atoms with Crippen LogP contribution in [0.2, 0.25) is 0 Å². The first-order chi connectivity index (χ1) is 13.5. The predicted molar refractivity (Wildman–Crippen MR) is 103 cm³/mol. The van der Waals surface area contributed by atoms with Gasteiger partial charge in [-0.2, -0.15) is 0 Å². The molecule has 0 saturated heterocycles. The standard InChI is InChI=1S/C20H19N5O3/c1-3-24-16(21)14(19(26)22-11-13-7-5-9-28-13)10-15-18(24)23-17-12(2)6-4-8-25(17)20(15)27/h4-10,21H,3,11H2,1-2H3,(H,22,26). The SMILES string of the molecule is CCn1c(=N)c(C(=O)NCc2ccco2)cc2c(=O)n3cccc(C)c3nc21. The van der Waals surface area contributed by atoms with Crippen molar-refractivity contribution in [1.82, 2.24) is 19.3 Å². The molecule has 0 aromatic carbocycles. The van der Waals surface area contributed by atoms with E-state index < -0.39 is 5.91 Å². The van der Waals surface area contributed by atoms with Crippen molar-refractivity contribution in [3.05, 3.63) is 75.5 Å². The third-order valence-electron chi connectivity index (χ3n) is 4.70. The molecule has 1 amide bonds. The third kappa shape index (κ3) is 2.79. The van der Waals surface area contributed by atoms with E-state index in [-0.39, 0.29) is 23.2 Å². The van der Waals surface area contributed by atoms with Crippen LogP contribution in [0.4, 0.5) is 0 Å². The predicted octanol–water partition coefficient (Wildman–Crippen LogP) is 1.98. The van der Waals surface area contributed by atoms with E-state index in [2.05, 4.69) is 10.3 Å². The summed E-state index contributed by atoms with van der Waals surface area (Å²) in [4.78, 5) is 30.3. The minimum Gasteiger partial charge on any atom is -0.467 e. The highest BCUT2D eigenvalue weighted by Gasteiger charge is 2.17. The molecule has 2 N–H and O–H groups in total. The smallest absolute Gasteiger partial charge is 0.267 e. The molecule has 4 aromatic rings. The molecule has 0 bridgehead atoms. The molecule has 0 fully saturated rings. The van der Waals surface area contributed by atoms with E-state index in [1.165, 1.54) is 16.7 Å². The molecule has 8 nitrogen and oxygen atoms in total. The second-order valence-electron chi connectivity index (χ2n) is 6.45. The number of rotatable bonds is 4. The number of hydrogen-bond acceptors (Lipinski definition) is 5. The molecule has 0 aliphatic carbocycles. The summed E-state index contributed by atoms with van der Waals surface area (Å²) in [5.41, 5.74) is 1.65. The third-order valence-corrected chi connectivity index (χ3v) is 4.70. The Labute approximate surface area is 159 Å². The van der Waals surface area contributed by atoms with E-state index >= 15 is 0 Å². The molecule has 0 atom stereocenters. The number of furan rings is 1. The summed E-state index contributed by atoms with van der Waals surface area (Å²) in [5, 5.41) is 11.5. The van der Waals surface area contributed by atoms with Crippen LogP contribution in [-0.4, -0.2) is 19.9 Å². The first-order valence-corrected chi connectivity index (χ1v) is 8.92. The number of nitrogens with zero attached hydrogens (tertiary/aromatic N) is 3. The molecule has 0 unspecified atom stereocenters. The van der Waals surface area contributed by atoms with Crippen molar-refractivity contribution in [2.45, 2.75) is 26.9 Å². The van der Waals surface area contributed by atoms with Crippen LogP contribution in [-0.2, 0) is 13.1 Å². The summed E-state index contributed by atoms with van der Waals surface area (Å²) in [6.07, 6.45) is 3.18. The summed E-state index contributed by atoms with van der Waals surface area (Å²) in [6.45, 7) is 4.33. The Bertz CT molecular complexity index is 1320. The maximum Gasteiger partial charge on any atom is 0.267 e. The van der Waals surface area contributed by atoms with E-state index in [0.717, 1.165) is 5.56 Å². The van der Waals surface area contributed by atoms with Gasteiger partial charge >= 0.3 is 0 Å². The number of nitrogens with one attached hydrogen (secondary N) is 2. The Morgan fingerprint density at radius 2 is 2.11 bits per heavy atom. The van der Waals surface area contributed by atoms with Crippen LogP contribution in [0, 0.1) is 12.3 Å². The van der Waals surface area contributed by atoms with Gasteiger partial charge in [-0.3, -0.25) is 19.4 Å². The van der Waals surface area contributed by atoms with Gasteiger partial charge in [-0.15, -0.1) is 0 Å². The van der Waals surface area contributed by atoms with Crippen LogP contribution in [0.5, 0.6) is 0 Å². The number of aryl methyl sites for hydroxylation is 2. The number of fused-ring (bicyclic) bond motifs is 2. The van der Waals surface area contributed by atoms with Gasteiger partial charge in [-0.05, 0) is 43.7 Å². The van der Waals surface area contributed by atoms with E-state index in [1.54, 1.807) is 29.0 Å². The normalized spacial score (nSPS) is 11.2. The van der Waals surface area contributed by atoms with Crippen LogP contribution in [0.1, 0.15) is 28.6 Å². The van der Waals surface area contributed by atoms with Crippen LogP contribution in [0.25, 0.3) is 16.7 Å². The number of pyridine rings is 2. The van der Waals surface area contributed by atoms with E-state index in [4.69, 9.17) is 9.83 Å². The Kier molecular flexibility index (Phi) is 4.31. The Morgan fingerprint density at radius 1 is 1.29 bits per heavy atom. The van der Waals surface area contributed by atoms with Gasteiger partial charge in [0.2, 0.25) is 0 Å². The minimum atomic E-state index is -0.445. The fraction of sp³-hybridized carbons (Fsp3) is 0.200. The lowest BCUT2D eigenvalue weighted by atomic mass is 10.2. The lowest BCUT2D eigenvalue weighted by molar-refractivity contribution is 0.0945. The van der Waals surface area contributed by atoms with Crippen molar-refractivity contribution in [2.75, 3.05) is 0 Å². The monoisotopic (exact) mass is 377 g/mol. The molecule has 4 heterocycles. The Morgan fingerprint density at radius 3 is 2.82 bits per heavy atom.